The first kappa shape index (κ1) is 10.7. The summed E-state index contributed by atoms with van der Waals surface area (Å²) >= 11 is 0. The molecule has 2 heterocycles. The van der Waals surface area contributed by atoms with Gasteiger partial charge in [-0.25, -0.2) is 0 Å². The lowest BCUT2D eigenvalue weighted by Crippen LogP contribution is -2.26. The van der Waals surface area contributed by atoms with E-state index in [4.69, 9.17) is 0 Å². The molecular formula is C14H18N2O. The SMILES string of the molecule is CN1CCC[C@H]1Cc1c[nH]c2ccc(O)cc12. The van der Waals surface area contributed by atoms with Gasteiger partial charge in [-0.1, -0.05) is 0 Å². The van der Waals surface area contributed by atoms with E-state index in [2.05, 4.69) is 23.1 Å². The van der Waals surface area contributed by atoms with Crippen molar-refractivity contribution in [2.24, 2.45) is 0 Å². The maximum Gasteiger partial charge on any atom is 0.116 e. The van der Waals surface area contributed by atoms with Gasteiger partial charge in [0, 0.05) is 23.1 Å². The van der Waals surface area contributed by atoms with E-state index in [1.807, 2.05) is 12.1 Å². The van der Waals surface area contributed by atoms with E-state index in [-0.39, 0.29) is 0 Å². The van der Waals surface area contributed by atoms with Crippen molar-refractivity contribution in [2.75, 3.05) is 13.6 Å². The van der Waals surface area contributed by atoms with Crippen molar-refractivity contribution in [2.45, 2.75) is 25.3 Å². The number of likely N-dealkylation sites (tertiary alicyclic amines) is 1. The number of nitrogens with zero attached hydrogens (tertiary/aromatic N) is 1. The lowest BCUT2D eigenvalue weighted by Gasteiger charge is -2.18. The molecule has 1 saturated heterocycles. The monoisotopic (exact) mass is 230 g/mol. The average molecular weight is 230 g/mol. The number of likely N-dealkylation sites (N-methyl/N-ethyl adjacent to an activating group) is 1. The first-order valence-corrected chi connectivity index (χ1v) is 6.23. The quantitative estimate of drug-likeness (QED) is 0.832. The van der Waals surface area contributed by atoms with Crippen LogP contribution in [0.4, 0.5) is 0 Å². The molecule has 2 aromatic rings. The molecule has 1 aromatic heterocycles. The van der Waals surface area contributed by atoms with Crippen LogP contribution in [0.3, 0.4) is 0 Å². The number of aromatic nitrogens is 1. The van der Waals surface area contributed by atoms with Crippen molar-refractivity contribution in [1.82, 2.24) is 9.88 Å². The molecule has 90 valence electrons. The highest BCUT2D eigenvalue weighted by atomic mass is 16.3. The molecule has 1 atom stereocenters. The summed E-state index contributed by atoms with van der Waals surface area (Å²) in [6, 6.07) is 6.17. The highest BCUT2D eigenvalue weighted by molar-refractivity contribution is 5.84. The molecule has 1 aliphatic heterocycles. The van der Waals surface area contributed by atoms with E-state index in [0.717, 1.165) is 17.3 Å². The Morgan fingerprint density at radius 3 is 3.12 bits per heavy atom. The summed E-state index contributed by atoms with van der Waals surface area (Å²) in [4.78, 5) is 5.71. The Labute approximate surface area is 101 Å². The topological polar surface area (TPSA) is 39.3 Å². The fourth-order valence-electron chi connectivity index (χ4n) is 2.83. The molecule has 0 amide bonds. The number of rotatable bonds is 2. The van der Waals surface area contributed by atoms with Crippen molar-refractivity contribution in [3.05, 3.63) is 30.0 Å². The second-order valence-electron chi connectivity index (χ2n) is 5.02. The second-order valence-corrected chi connectivity index (χ2v) is 5.02. The summed E-state index contributed by atoms with van der Waals surface area (Å²) < 4.78 is 0. The molecule has 1 fully saturated rings. The molecular weight excluding hydrogens is 212 g/mol. The number of fused-ring (bicyclic) bond motifs is 1. The molecule has 0 radical (unpaired) electrons. The molecule has 3 rings (SSSR count). The molecule has 1 aromatic carbocycles. The summed E-state index contributed by atoms with van der Waals surface area (Å²) in [5.41, 5.74) is 2.42. The number of benzene rings is 1. The zero-order valence-electron chi connectivity index (χ0n) is 10.1. The third-order valence-electron chi connectivity index (χ3n) is 3.88. The first-order valence-electron chi connectivity index (χ1n) is 6.23. The molecule has 3 nitrogen and oxygen atoms in total. The van der Waals surface area contributed by atoms with Crippen LogP contribution in [0.1, 0.15) is 18.4 Å². The van der Waals surface area contributed by atoms with E-state index < -0.39 is 0 Å². The molecule has 1 aliphatic rings. The Hall–Kier alpha value is -1.48. The van der Waals surface area contributed by atoms with Crippen molar-refractivity contribution >= 4 is 10.9 Å². The summed E-state index contributed by atoms with van der Waals surface area (Å²) in [6.45, 7) is 1.21. The number of hydrogen-bond donors (Lipinski definition) is 2. The van der Waals surface area contributed by atoms with E-state index in [1.54, 1.807) is 6.07 Å². The molecule has 0 aliphatic carbocycles. The van der Waals surface area contributed by atoms with E-state index in [9.17, 15) is 5.11 Å². The van der Waals surface area contributed by atoms with Gasteiger partial charge in [-0.15, -0.1) is 0 Å². The highest BCUT2D eigenvalue weighted by Gasteiger charge is 2.22. The van der Waals surface area contributed by atoms with Gasteiger partial charge in [-0.05, 0) is 56.6 Å². The number of phenolic OH excluding ortho intramolecular Hbond substituents is 1. The first-order chi connectivity index (χ1) is 8.24. The van der Waals surface area contributed by atoms with E-state index in [0.29, 0.717) is 11.8 Å². The number of aromatic amines is 1. The van der Waals surface area contributed by atoms with Gasteiger partial charge in [0.25, 0.3) is 0 Å². The van der Waals surface area contributed by atoms with Crippen LogP contribution in [0.25, 0.3) is 10.9 Å². The van der Waals surface area contributed by atoms with Crippen LogP contribution in [0, 0.1) is 0 Å². The van der Waals surface area contributed by atoms with Gasteiger partial charge in [0.15, 0.2) is 0 Å². The van der Waals surface area contributed by atoms with Crippen molar-refractivity contribution < 1.29 is 5.11 Å². The van der Waals surface area contributed by atoms with Crippen molar-refractivity contribution in [3.63, 3.8) is 0 Å². The fraction of sp³-hybridized carbons (Fsp3) is 0.429. The Morgan fingerprint density at radius 2 is 2.35 bits per heavy atom. The molecule has 17 heavy (non-hydrogen) atoms. The summed E-state index contributed by atoms with van der Waals surface area (Å²) in [7, 11) is 2.20. The van der Waals surface area contributed by atoms with Crippen LogP contribution in [0.2, 0.25) is 0 Å². The zero-order valence-corrected chi connectivity index (χ0v) is 10.1. The summed E-state index contributed by atoms with van der Waals surface area (Å²) in [5, 5.41) is 10.7. The number of phenols is 1. The minimum absolute atomic E-state index is 0.345. The molecule has 2 N–H and O–H groups in total. The van der Waals surface area contributed by atoms with Gasteiger partial charge in [0.1, 0.15) is 5.75 Å². The minimum Gasteiger partial charge on any atom is -0.508 e. The molecule has 0 spiro atoms. The van der Waals surface area contributed by atoms with Crippen LogP contribution in [-0.4, -0.2) is 34.6 Å². The van der Waals surface area contributed by atoms with Crippen molar-refractivity contribution in [1.29, 1.82) is 0 Å². The van der Waals surface area contributed by atoms with Crippen molar-refractivity contribution in [3.8, 4) is 5.75 Å². The molecule has 0 bridgehead atoms. The number of H-pyrrole nitrogens is 1. The number of hydrogen-bond acceptors (Lipinski definition) is 2. The predicted octanol–water partition coefficient (Wildman–Crippen LogP) is 2.51. The van der Waals surface area contributed by atoms with Gasteiger partial charge >= 0.3 is 0 Å². The normalized spacial score (nSPS) is 21.4. The van der Waals surface area contributed by atoms with Crippen LogP contribution in [-0.2, 0) is 6.42 Å². The van der Waals surface area contributed by atoms with Gasteiger partial charge < -0.3 is 15.0 Å². The largest absolute Gasteiger partial charge is 0.508 e. The Bertz CT molecular complexity index is 532. The smallest absolute Gasteiger partial charge is 0.116 e. The average Bonchev–Trinajstić information content (AvgIpc) is 2.88. The number of nitrogens with one attached hydrogen (secondary N) is 1. The maximum absolute atomic E-state index is 9.56. The highest BCUT2D eigenvalue weighted by Crippen LogP contribution is 2.26. The maximum atomic E-state index is 9.56. The lowest BCUT2D eigenvalue weighted by atomic mass is 10.0. The van der Waals surface area contributed by atoms with E-state index >= 15 is 0 Å². The van der Waals surface area contributed by atoms with Gasteiger partial charge in [-0.2, -0.15) is 0 Å². The number of aromatic hydroxyl groups is 1. The Morgan fingerprint density at radius 1 is 1.47 bits per heavy atom. The summed E-state index contributed by atoms with van der Waals surface area (Å²) in [6.07, 6.45) is 5.73. The molecule has 3 heteroatoms. The van der Waals surface area contributed by atoms with Crippen LogP contribution >= 0.6 is 0 Å². The van der Waals surface area contributed by atoms with Crippen LogP contribution in [0.15, 0.2) is 24.4 Å². The van der Waals surface area contributed by atoms with Gasteiger partial charge in [0.05, 0.1) is 0 Å². The summed E-state index contributed by atoms with van der Waals surface area (Å²) in [5.74, 6) is 0.345. The van der Waals surface area contributed by atoms with E-state index in [1.165, 1.54) is 24.9 Å². The van der Waals surface area contributed by atoms with Crippen LogP contribution in [0.5, 0.6) is 5.75 Å². The fourth-order valence-corrected chi connectivity index (χ4v) is 2.83. The standard InChI is InChI=1S/C14H18N2O/c1-16-6-2-3-11(16)7-10-9-15-14-5-4-12(17)8-13(10)14/h4-5,8-9,11,15,17H,2-3,6-7H2,1H3/t11-/m0/s1. The van der Waals surface area contributed by atoms with Crippen LogP contribution < -0.4 is 0 Å². The Balaban J connectivity index is 1.92. The molecule has 0 saturated carbocycles. The minimum atomic E-state index is 0.345. The van der Waals surface area contributed by atoms with Gasteiger partial charge in [0.2, 0.25) is 0 Å². The third-order valence-corrected chi connectivity index (χ3v) is 3.88. The lowest BCUT2D eigenvalue weighted by molar-refractivity contribution is 0.310. The zero-order chi connectivity index (χ0) is 11.8. The predicted molar refractivity (Wildman–Crippen MR) is 69.3 cm³/mol. The Kier molecular flexibility index (Phi) is 2.56. The third kappa shape index (κ3) is 1.91. The van der Waals surface area contributed by atoms with Gasteiger partial charge in [-0.3, -0.25) is 0 Å². The second kappa shape index (κ2) is 4.08. The molecule has 0 unspecified atom stereocenters.